The van der Waals surface area contributed by atoms with Gasteiger partial charge < -0.3 is 5.11 Å². The van der Waals surface area contributed by atoms with E-state index < -0.39 is 17.7 Å². The minimum atomic E-state index is -0.824. The SMILES string of the molecule is Cc1ccc(/C(O)=C2\C(=O)C(=O)N(c3nc4ccc(Cl)cc4s3)C2c2ccc(Br)cc2)cc1. The van der Waals surface area contributed by atoms with Crippen molar-refractivity contribution in [2.24, 2.45) is 0 Å². The summed E-state index contributed by atoms with van der Waals surface area (Å²) < 4.78 is 1.66. The summed E-state index contributed by atoms with van der Waals surface area (Å²) in [4.78, 5) is 32.4. The van der Waals surface area contributed by atoms with Crippen LogP contribution in [0.2, 0.25) is 5.02 Å². The summed E-state index contributed by atoms with van der Waals surface area (Å²) in [5.74, 6) is -1.70. The number of hydrogen-bond acceptors (Lipinski definition) is 5. The number of aromatic nitrogens is 1. The lowest BCUT2D eigenvalue weighted by Crippen LogP contribution is -2.29. The van der Waals surface area contributed by atoms with Gasteiger partial charge in [-0.15, -0.1) is 0 Å². The molecule has 1 N–H and O–H groups in total. The first-order chi connectivity index (χ1) is 15.8. The van der Waals surface area contributed by atoms with Gasteiger partial charge in [-0.1, -0.05) is 80.8 Å². The van der Waals surface area contributed by atoms with E-state index >= 15 is 0 Å². The summed E-state index contributed by atoms with van der Waals surface area (Å²) >= 11 is 10.8. The monoisotopic (exact) mass is 538 g/mol. The van der Waals surface area contributed by atoms with Gasteiger partial charge in [0.1, 0.15) is 5.76 Å². The van der Waals surface area contributed by atoms with Crippen molar-refractivity contribution in [1.82, 2.24) is 4.98 Å². The van der Waals surface area contributed by atoms with Crippen LogP contribution in [-0.2, 0) is 9.59 Å². The van der Waals surface area contributed by atoms with Gasteiger partial charge in [0.25, 0.3) is 5.78 Å². The van der Waals surface area contributed by atoms with Crippen molar-refractivity contribution in [2.75, 3.05) is 4.90 Å². The smallest absolute Gasteiger partial charge is 0.301 e. The van der Waals surface area contributed by atoms with E-state index in [-0.39, 0.29) is 11.3 Å². The molecule has 1 fully saturated rings. The number of aliphatic hydroxyl groups excluding tert-OH is 1. The molecule has 5 rings (SSSR count). The lowest BCUT2D eigenvalue weighted by Gasteiger charge is -2.23. The van der Waals surface area contributed by atoms with Gasteiger partial charge >= 0.3 is 5.91 Å². The molecule has 1 unspecified atom stereocenters. The number of Topliss-reactive ketones (excluding diaryl/α,β-unsaturated/α-hetero) is 1. The van der Waals surface area contributed by atoms with E-state index in [0.717, 1.165) is 14.7 Å². The van der Waals surface area contributed by atoms with Crippen molar-refractivity contribution < 1.29 is 14.7 Å². The molecular formula is C25H16BrClN2O3S. The molecule has 1 aliphatic heterocycles. The highest BCUT2D eigenvalue weighted by Gasteiger charge is 2.48. The van der Waals surface area contributed by atoms with Gasteiger partial charge in [-0.25, -0.2) is 4.98 Å². The van der Waals surface area contributed by atoms with Crippen LogP contribution in [0.1, 0.15) is 22.7 Å². The predicted octanol–water partition coefficient (Wildman–Crippen LogP) is 6.65. The van der Waals surface area contributed by atoms with Crippen molar-refractivity contribution in [3.05, 3.63) is 98.5 Å². The molecule has 1 aliphatic rings. The topological polar surface area (TPSA) is 70.5 Å². The Kier molecular flexibility index (Phi) is 5.56. The molecule has 8 heteroatoms. The quantitative estimate of drug-likeness (QED) is 0.180. The second kappa shape index (κ2) is 8.41. The molecule has 5 nitrogen and oxygen atoms in total. The van der Waals surface area contributed by atoms with Gasteiger partial charge in [-0.2, -0.15) is 0 Å². The lowest BCUT2D eigenvalue weighted by molar-refractivity contribution is -0.132. The van der Waals surface area contributed by atoms with Crippen molar-refractivity contribution in [1.29, 1.82) is 0 Å². The van der Waals surface area contributed by atoms with E-state index in [1.165, 1.54) is 16.2 Å². The second-order valence-corrected chi connectivity index (χ2v) is 10.1. The zero-order valence-electron chi connectivity index (χ0n) is 17.3. The molecule has 1 saturated heterocycles. The highest BCUT2D eigenvalue weighted by Crippen LogP contribution is 2.44. The summed E-state index contributed by atoms with van der Waals surface area (Å²) in [6, 6.07) is 18.9. The molecule has 0 bridgehead atoms. The maximum Gasteiger partial charge on any atom is 0.301 e. The summed E-state index contributed by atoms with van der Waals surface area (Å²) in [7, 11) is 0. The first-order valence-corrected chi connectivity index (χ1v) is 12.0. The number of fused-ring (bicyclic) bond motifs is 1. The van der Waals surface area contributed by atoms with Crippen LogP contribution in [0.3, 0.4) is 0 Å². The number of amides is 1. The van der Waals surface area contributed by atoms with Crippen LogP contribution in [-0.4, -0.2) is 21.8 Å². The van der Waals surface area contributed by atoms with Gasteiger partial charge in [0, 0.05) is 15.1 Å². The Hall–Kier alpha value is -3.00. The van der Waals surface area contributed by atoms with Crippen molar-refractivity contribution in [3.8, 4) is 0 Å². The van der Waals surface area contributed by atoms with Crippen LogP contribution in [0.15, 0.2) is 76.8 Å². The van der Waals surface area contributed by atoms with Gasteiger partial charge in [0.05, 0.1) is 21.8 Å². The first-order valence-electron chi connectivity index (χ1n) is 10.0. The highest BCUT2D eigenvalue weighted by atomic mass is 79.9. The van der Waals surface area contributed by atoms with E-state index in [1.54, 1.807) is 30.3 Å². The van der Waals surface area contributed by atoms with Crippen molar-refractivity contribution >= 4 is 71.7 Å². The van der Waals surface area contributed by atoms with Crippen LogP contribution in [0.5, 0.6) is 0 Å². The molecule has 164 valence electrons. The number of aliphatic hydroxyl groups is 1. The molecule has 0 aliphatic carbocycles. The Morgan fingerprint density at radius 1 is 1.06 bits per heavy atom. The zero-order chi connectivity index (χ0) is 23.3. The molecule has 0 saturated carbocycles. The van der Waals surface area contributed by atoms with E-state index in [1.807, 2.05) is 43.3 Å². The molecule has 2 heterocycles. The van der Waals surface area contributed by atoms with Gasteiger partial charge in [-0.05, 0) is 42.8 Å². The standard InChI is InChI=1S/C25H16BrClN2O3S/c1-13-2-4-15(5-3-13)22(30)20-21(14-6-8-16(26)9-7-14)29(24(32)23(20)31)25-28-18-11-10-17(27)12-19(18)33-25/h2-12,21,30H,1H3/b22-20+. The van der Waals surface area contributed by atoms with Crippen LogP contribution in [0.25, 0.3) is 16.0 Å². The van der Waals surface area contributed by atoms with Crippen LogP contribution >= 0.6 is 38.9 Å². The first kappa shape index (κ1) is 21.8. The molecule has 3 aromatic carbocycles. The van der Waals surface area contributed by atoms with Gasteiger partial charge in [0.2, 0.25) is 0 Å². The number of hydrogen-bond donors (Lipinski definition) is 1. The summed E-state index contributed by atoms with van der Waals surface area (Å²) in [5.41, 5.74) is 2.88. The van der Waals surface area contributed by atoms with Crippen molar-refractivity contribution in [3.63, 3.8) is 0 Å². The van der Waals surface area contributed by atoms with Gasteiger partial charge in [-0.3, -0.25) is 14.5 Å². The normalized spacial score (nSPS) is 17.8. The highest BCUT2D eigenvalue weighted by molar-refractivity contribution is 9.10. The van der Waals surface area contributed by atoms with E-state index in [2.05, 4.69) is 20.9 Å². The fourth-order valence-electron chi connectivity index (χ4n) is 3.85. The van der Waals surface area contributed by atoms with E-state index in [0.29, 0.717) is 26.8 Å². The number of anilines is 1. The minimum Gasteiger partial charge on any atom is -0.507 e. The average molecular weight is 540 g/mol. The Morgan fingerprint density at radius 3 is 2.45 bits per heavy atom. The third-order valence-corrected chi connectivity index (χ3v) is 7.28. The largest absolute Gasteiger partial charge is 0.507 e. The third-order valence-electron chi connectivity index (χ3n) is 5.50. The van der Waals surface area contributed by atoms with Crippen LogP contribution in [0.4, 0.5) is 5.13 Å². The van der Waals surface area contributed by atoms with Crippen LogP contribution < -0.4 is 4.90 Å². The maximum absolute atomic E-state index is 13.3. The van der Waals surface area contributed by atoms with Crippen LogP contribution in [0, 0.1) is 6.92 Å². The molecule has 0 spiro atoms. The van der Waals surface area contributed by atoms with Crippen molar-refractivity contribution in [2.45, 2.75) is 13.0 Å². The number of carbonyl (C=O) groups is 2. The molecule has 4 aromatic rings. The lowest BCUT2D eigenvalue weighted by atomic mass is 9.95. The second-order valence-electron chi connectivity index (χ2n) is 7.70. The Bertz CT molecular complexity index is 1450. The number of aryl methyl sites for hydroxylation is 1. The van der Waals surface area contributed by atoms with E-state index in [9.17, 15) is 14.7 Å². The Morgan fingerprint density at radius 2 is 1.76 bits per heavy atom. The summed E-state index contributed by atoms with van der Waals surface area (Å²) in [6.45, 7) is 1.93. The number of rotatable bonds is 3. The van der Waals surface area contributed by atoms with Gasteiger partial charge in [0.15, 0.2) is 5.13 Å². The fourth-order valence-corrected chi connectivity index (χ4v) is 5.38. The third kappa shape index (κ3) is 3.86. The molecule has 1 amide bonds. The summed E-state index contributed by atoms with van der Waals surface area (Å²) in [6.07, 6.45) is 0. The summed E-state index contributed by atoms with van der Waals surface area (Å²) in [5, 5.41) is 12.1. The Labute approximate surface area is 207 Å². The zero-order valence-corrected chi connectivity index (χ0v) is 20.4. The fraction of sp³-hybridized carbons (Fsp3) is 0.0800. The molecule has 0 radical (unpaired) electrons. The van der Waals surface area contributed by atoms with E-state index in [4.69, 9.17) is 11.6 Å². The number of ketones is 1. The average Bonchev–Trinajstić information content (AvgIpc) is 3.32. The molecule has 1 aromatic heterocycles. The predicted molar refractivity (Wildman–Crippen MR) is 135 cm³/mol. The number of nitrogens with zero attached hydrogens (tertiary/aromatic N) is 2. The number of carbonyl (C=O) groups excluding carboxylic acids is 2. The molecule has 33 heavy (non-hydrogen) atoms. The molecule has 1 atom stereocenters. The number of halogens is 2. The number of benzene rings is 3. The number of thiazole rings is 1. The Balaban J connectivity index is 1.73. The maximum atomic E-state index is 13.3. The minimum absolute atomic E-state index is 0.0310. The molecular weight excluding hydrogens is 524 g/mol.